The number of hydrogen-bond acceptors (Lipinski definition) is 13. The van der Waals surface area contributed by atoms with E-state index in [0.29, 0.717) is 47.3 Å². The van der Waals surface area contributed by atoms with E-state index >= 15 is 0 Å². The molecule has 310 valence electrons. The number of imidazole rings is 1. The summed E-state index contributed by atoms with van der Waals surface area (Å²) in [6.07, 6.45) is 16.0. The fourth-order valence-electron chi connectivity index (χ4n) is 7.22. The standard InChI is InChI=1S/C37H58N10O7S2/c1-56(21-26-31(49)32(50)35(54-26)47-23-44-30-33(38)42-22-43-34(30)47)19-14-24(36(51)52)40-17-10-4-2-3-8-15-39-16-9-5-11-18-41-28(48)13-7-6-12-27-29-25(20-55-27)45-37(53)46-29/h15,17,22-27,29,31-32,35,49-50H,2-14,16,18-21H2,1H3,(H5-,38,41,42,43,45,46,48,51,52,53)/p+1/t24-,25?,26+,27+,29?,31+,32+,35+,56?/m0/s1. The van der Waals surface area contributed by atoms with E-state index in [1.807, 2.05) is 24.2 Å². The van der Waals surface area contributed by atoms with Gasteiger partial charge in [0.25, 0.3) is 0 Å². The second-order valence-electron chi connectivity index (χ2n) is 14.8. The number of aliphatic carboxylic acids is 1. The molecule has 3 fully saturated rings. The van der Waals surface area contributed by atoms with E-state index in [2.05, 4.69) is 40.9 Å². The van der Waals surface area contributed by atoms with Crippen LogP contribution in [0.15, 0.2) is 22.6 Å². The molecule has 3 saturated heterocycles. The second kappa shape index (κ2) is 22.4. The van der Waals surface area contributed by atoms with E-state index in [1.54, 1.807) is 10.8 Å². The number of aromatic nitrogens is 4. The molecule has 0 aromatic carbocycles. The molecule has 19 heteroatoms. The molecule has 5 heterocycles. The molecule has 9 atom stereocenters. The van der Waals surface area contributed by atoms with E-state index in [1.165, 1.54) is 12.7 Å². The lowest BCUT2D eigenvalue weighted by atomic mass is 10.0. The molecule has 0 aliphatic carbocycles. The molecule has 17 nitrogen and oxygen atoms in total. The number of fused-ring (bicyclic) bond motifs is 2. The minimum absolute atomic E-state index is 0.0575. The lowest BCUT2D eigenvalue weighted by molar-refractivity contribution is -0.138. The molecule has 2 aromatic rings. The van der Waals surface area contributed by atoms with Crippen molar-refractivity contribution in [3.63, 3.8) is 0 Å². The third-order valence-electron chi connectivity index (χ3n) is 10.4. The number of aliphatic imine (C=N–C) groups is 2. The molecule has 2 aromatic heterocycles. The number of rotatable bonds is 25. The number of carbonyl (C=O) groups excluding carboxylic acids is 2. The SMILES string of the molecule is C[S+](CC[C@H](N=CCCCCCC=NCCCCCNC(=O)CCCC[C@H]1SCC2NC(=O)NC21)C(=O)O)C[C@H]1O[C@@H](n2cnc3c(N)ncnc32)[C@H](O)[C@@H]1O. The number of nitrogens with one attached hydrogen (secondary N) is 3. The van der Waals surface area contributed by atoms with Crippen molar-refractivity contribution >= 4 is 70.0 Å². The van der Waals surface area contributed by atoms with Crippen LogP contribution in [0, 0.1) is 0 Å². The summed E-state index contributed by atoms with van der Waals surface area (Å²) in [5, 5.41) is 40.7. The zero-order valence-corrected chi connectivity index (χ0v) is 33.8. The van der Waals surface area contributed by atoms with Crippen LogP contribution in [-0.4, -0.2) is 143 Å². The summed E-state index contributed by atoms with van der Waals surface area (Å²) in [5.74, 6) is 1.39. The van der Waals surface area contributed by atoms with Crippen molar-refractivity contribution in [2.24, 2.45) is 9.98 Å². The molecule has 0 radical (unpaired) electrons. The topological polar surface area (TPSA) is 252 Å². The average molecular weight is 820 g/mol. The fraction of sp³-hybridized carbons (Fsp3) is 0.730. The zero-order chi connectivity index (χ0) is 39.9. The molecule has 56 heavy (non-hydrogen) atoms. The van der Waals surface area contributed by atoms with Crippen LogP contribution in [0.2, 0.25) is 0 Å². The van der Waals surface area contributed by atoms with Crippen LogP contribution in [0.5, 0.6) is 0 Å². The Balaban J connectivity index is 0.836. The van der Waals surface area contributed by atoms with Crippen LogP contribution >= 0.6 is 11.8 Å². The van der Waals surface area contributed by atoms with Gasteiger partial charge in [0.2, 0.25) is 5.91 Å². The average Bonchev–Trinajstić information content (AvgIpc) is 3.93. The fourth-order valence-corrected chi connectivity index (χ4v) is 10.4. The normalized spacial score (nSPS) is 25.8. The molecule has 3 amide bonds. The van der Waals surface area contributed by atoms with Crippen molar-refractivity contribution < 1.29 is 34.4 Å². The van der Waals surface area contributed by atoms with Crippen molar-refractivity contribution in [1.29, 1.82) is 0 Å². The third kappa shape index (κ3) is 12.7. The van der Waals surface area contributed by atoms with Crippen LogP contribution in [0.4, 0.5) is 10.6 Å². The Kier molecular flexibility index (Phi) is 17.5. The van der Waals surface area contributed by atoms with Crippen LogP contribution in [0.1, 0.15) is 89.7 Å². The number of nitrogen functional groups attached to an aromatic ring is 1. The van der Waals surface area contributed by atoms with Gasteiger partial charge in [0.15, 0.2) is 23.7 Å². The highest BCUT2D eigenvalue weighted by Crippen LogP contribution is 2.34. The number of nitrogens with zero attached hydrogens (tertiary/aromatic N) is 6. The van der Waals surface area contributed by atoms with Gasteiger partial charge < -0.3 is 41.7 Å². The first-order valence-corrected chi connectivity index (χ1v) is 22.9. The van der Waals surface area contributed by atoms with Gasteiger partial charge in [-0.3, -0.25) is 19.3 Å². The van der Waals surface area contributed by atoms with E-state index < -0.39 is 36.6 Å². The van der Waals surface area contributed by atoms with Gasteiger partial charge in [-0.2, -0.15) is 11.8 Å². The summed E-state index contributed by atoms with van der Waals surface area (Å²) in [7, 11) is -0.289. The number of carbonyl (C=O) groups is 3. The molecular weight excluding hydrogens is 761 g/mol. The molecule has 0 saturated carbocycles. The van der Waals surface area contributed by atoms with E-state index in [-0.39, 0.29) is 40.7 Å². The maximum atomic E-state index is 12.2. The van der Waals surface area contributed by atoms with Gasteiger partial charge in [-0.15, -0.1) is 0 Å². The van der Waals surface area contributed by atoms with Crippen molar-refractivity contribution in [3.8, 4) is 0 Å². The number of ether oxygens (including phenoxy) is 1. The lowest BCUT2D eigenvalue weighted by Gasteiger charge is -2.16. The molecule has 5 rings (SSSR count). The van der Waals surface area contributed by atoms with Gasteiger partial charge in [-0.25, -0.2) is 24.5 Å². The minimum atomic E-state index is -1.20. The number of urea groups is 1. The number of anilines is 1. The quantitative estimate of drug-likeness (QED) is 0.0330. The van der Waals surface area contributed by atoms with Gasteiger partial charge in [0.1, 0.15) is 41.7 Å². The van der Waals surface area contributed by atoms with Gasteiger partial charge in [0, 0.05) is 36.9 Å². The molecule has 3 unspecified atom stereocenters. The zero-order valence-electron chi connectivity index (χ0n) is 32.2. The Morgan fingerprint density at radius 1 is 1.09 bits per heavy atom. The third-order valence-corrected chi connectivity index (χ3v) is 13.8. The lowest BCUT2D eigenvalue weighted by Crippen LogP contribution is -2.36. The summed E-state index contributed by atoms with van der Waals surface area (Å²) < 4.78 is 7.59. The Hall–Kier alpha value is -3.52. The molecular formula is C37H59N10O7S2+. The highest BCUT2D eigenvalue weighted by Gasteiger charge is 2.47. The predicted molar refractivity (Wildman–Crippen MR) is 220 cm³/mol. The first-order chi connectivity index (χ1) is 27.1. The van der Waals surface area contributed by atoms with Crippen molar-refractivity contribution in [3.05, 3.63) is 12.7 Å². The smallest absolute Gasteiger partial charge is 0.328 e. The van der Waals surface area contributed by atoms with E-state index in [4.69, 9.17) is 10.5 Å². The van der Waals surface area contributed by atoms with Gasteiger partial charge in [-0.05, 0) is 81.1 Å². The van der Waals surface area contributed by atoms with Crippen LogP contribution in [0.25, 0.3) is 11.2 Å². The summed E-state index contributed by atoms with van der Waals surface area (Å²) in [6, 6.07) is -0.412. The Bertz CT molecular complexity index is 1630. The Morgan fingerprint density at radius 2 is 1.89 bits per heavy atom. The van der Waals surface area contributed by atoms with Crippen molar-refractivity contribution in [2.45, 2.75) is 131 Å². The first-order valence-electron chi connectivity index (χ1n) is 19.8. The highest BCUT2D eigenvalue weighted by molar-refractivity contribution is 8.00. The summed E-state index contributed by atoms with van der Waals surface area (Å²) in [4.78, 5) is 56.7. The van der Waals surface area contributed by atoms with Crippen molar-refractivity contribution in [2.75, 3.05) is 42.3 Å². The molecule has 3 aliphatic heterocycles. The second-order valence-corrected chi connectivity index (χ2v) is 18.3. The molecule has 8 N–H and O–H groups in total. The number of unbranched alkanes of at least 4 members (excludes halogenated alkanes) is 7. The van der Waals surface area contributed by atoms with Crippen molar-refractivity contribution in [1.82, 2.24) is 35.5 Å². The molecule has 0 bridgehead atoms. The number of hydrogen-bond donors (Lipinski definition) is 7. The summed E-state index contributed by atoms with van der Waals surface area (Å²) in [5.41, 5.74) is 6.66. The van der Waals surface area contributed by atoms with Crippen LogP contribution < -0.4 is 21.7 Å². The predicted octanol–water partition coefficient (Wildman–Crippen LogP) is 2.22. The molecule has 0 spiro atoms. The largest absolute Gasteiger partial charge is 0.480 e. The number of aliphatic hydroxyl groups excluding tert-OH is 2. The number of carboxylic acid groups (broad SMARTS) is 1. The summed E-state index contributed by atoms with van der Waals surface area (Å²) >= 11 is 1.91. The Morgan fingerprint density at radius 3 is 2.71 bits per heavy atom. The number of nitrogens with two attached hydrogens (primary N) is 1. The minimum Gasteiger partial charge on any atom is -0.480 e. The number of aliphatic hydroxyl groups is 2. The monoisotopic (exact) mass is 819 g/mol. The van der Waals surface area contributed by atoms with Crippen LogP contribution in [-0.2, 0) is 25.2 Å². The van der Waals surface area contributed by atoms with Crippen LogP contribution in [0.3, 0.4) is 0 Å². The molecule has 3 aliphatic rings. The van der Waals surface area contributed by atoms with E-state index in [9.17, 15) is 29.7 Å². The summed E-state index contributed by atoms with van der Waals surface area (Å²) in [6.45, 7) is 1.49. The van der Waals surface area contributed by atoms with Gasteiger partial charge >= 0.3 is 12.0 Å². The first kappa shape index (κ1) is 43.6. The number of amides is 3. The van der Waals surface area contributed by atoms with E-state index in [0.717, 1.165) is 82.9 Å². The maximum Gasteiger partial charge on any atom is 0.328 e. The maximum absolute atomic E-state index is 12.2. The van der Waals surface area contributed by atoms with Gasteiger partial charge in [0.05, 0.1) is 24.7 Å². The highest BCUT2D eigenvalue weighted by atomic mass is 32.2. The number of thioether (sulfide) groups is 1. The Labute approximate surface area is 335 Å². The number of carboxylic acids is 1. The van der Waals surface area contributed by atoms with Gasteiger partial charge in [-0.1, -0.05) is 12.8 Å².